The summed E-state index contributed by atoms with van der Waals surface area (Å²) in [6, 6.07) is 18.1. The summed E-state index contributed by atoms with van der Waals surface area (Å²) >= 11 is 2.79. The monoisotopic (exact) mass is 545 g/mol. The molecule has 0 fully saturated rings. The molecule has 0 bridgehead atoms. The minimum absolute atomic E-state index is 0.0601. The lowest BCUT2D eigenvalue weighted by molar-refractivity contribution is -0.128. The van der Waals surface area contributed by atoms with Crippen molar-refractivity contribution >= 4 is 63.2 Å². The van der Waals surface area contributed by atoms with E-state index in [1.165, 1.54) is 16.7 Å². The van der Waals surface area contributed by atoms with Gasteiger partial charge in [-0.05, 0) is 54.6 Å². The van der Waals surface area contributed by atoms with Gasteiger partial charge in [0.1, 0.15) is 11.9 Å². The van der Waals surface area contributed by atoms with E-state index in [-0.39, 0.29) is 24.1 Å². The van der Waals surface area contributed by atoms with Gasteiger partial charge in [0.2, 0.25) is 11.8 Å². The SMILES string of the molecule is CC[C@H](SC1=Nc2ccccc2C2=N[C@H](CC(=O)NCc3cccs3)C(=O)N12)C(=O)Nc1cccc(C)c1. The fraction of sp³-hybridized carbons (Fsp3) is 0.250. The predicted octanol–water partition coefficient (Wildman–Crippen LogP) is 4.87. The molecule has 2 aliphatic rings. The van der Waals surface area contributed by atoms with Crippen molar-refractivity contribution in [1.29, 1.82) is 0 Å². The average Bonchev–Trinajstić information content (AvgIpc) is 3.54. The van der Waals surface area contributed by atoms with Crippen molar-refractivity contribution in [3.05, 3.63) is 82.0 Å². The number of aryl methyl sites for hydroxylation is 1. The van der Waals surface area contributed by atoms with E-state index in [1.54, 1.807) is 11.3 Å². The molecule has 3 heterocycles. The normalized spacial score (nSPS) is 16.7. The molecule has 5 rings (SSSR count). The zero-order valence-electron chi connectivity index (χ0n) is 21.0. The predicted molar refractivity (Wildman–Crippen MR) is 153 cm³/mol. The van der Waals surface area contributed by atoms with Crippen LogP contribution in [0.25, 0.3) is 0 Å². The third kappa shape index (κ3) is 5.56. The van der Waals surface area contributed by atoms with Gasteiger partial charge in [-0.1, -0.05) is 49.0 Å². The van der Waals surface area contributed by atoms with E-state index in [2.05, 4.69) is 15.6 Å². The van der Waals surface area contributed by atoms with Gasteiger partial charge in [-0.3, -0.25) is 19.4 Å². The second-order valence-corrected chi connectivity index (χ2v) is 11.2. The Morgan fingerprint density at radius 2 is 1.97 bits per heavy atom. The topological polar surface area (TPSA) is 103 Å². The summed E-state index contributed by atoms with van der Waals surface area (Å²) < 4.78 is 0. The first-order valence-corrected chi connectivity index (χ1v) is 14.1. The number of hydrogen-bond donors (Lipinski definition) is 2. The molecular formula is C28H27N5O3S2. The number of fused-ring (bicyclic) bond motifs is 3. The summed E-state index contributed by atoms with van der Waals surface area (Å²) in [5.74, 6) is -0.266. The number of amides is 3. The number of benzene rings is 2. The molecule has 10 heteroatoms. The molecule has 0 radical (unpaired) electrons. The Kier molecular flexibility index (Phi) is 7.71. The van der Waals surface area contributed by atoms with E-state index in [9.17, 15) is 14.4 Å². The van der Waals surface area contributed by atoms with Gasteiger partial charge in [0.15, 0.2) is 5.17 Å². The fourth-order valence-corrected chi connectivity index (χ4v) is 5.92. The summed E-state index contributed by atoms with van der Waals surface area (Å²) in [5.41, 5.74) is 3.17. The summed E-state index contributed by atoms with van der Waals surface area (Å²) in [4.78, 5) is 51.2. The van der Waals surface area contributed by atoms with E-state index in [4.69, 9.17) is 4.99 Å². The maximum atomic E-state index is 13.5. The first-order chi connectivity index (χ1) is 18.4. The molecule has 2 aromatic carbocycles. The summed E-state index contributed by atoms with van der Waals surface area (Å²) in [6.45, 7) is 4.30. The van der Waals surface area contributed by atoms with Crippen molar-refractivity contribution in [2.24, 2.45) is 9.98 Å². The summed E-state index contributed by atoms with van der Waals surface area (Å²) in [5, 5.41) is 7.70. The van der Waals surface area contributed by atoms with E-state index in [0.717, 1.165) is 21.7 Å². The van der Waals surface area contributed by atoms with Crippen molar-refractivity contribution in [3.8, 4) is 0 Å². The number of nitrogens with zero attached hydrogens (tertiary/aromatic N) is 3. The molecule has 0 aliphatic carbocycles. The Morgan fingerprint density at radius 3 is 2.74 bits per heavy atom. The molecule has 194 valence electrons. The van der Waals surface area contributed by atoms with Gasteiger partial charge in [-0.25, -0.2) is 9.89 Å². The molecule has 2 aliphatic heterocycles. The smallest absolute Gasteiger partial charge is 0.259 e. The van der Waals surface area contributed by atoms with E-state index >= 15 is 0 Å². The number of amidine groups is 2. The van der Waals surface area contributed by atoms with Gasteiger partial charge in [-0.2, -0.15) is 0 Å². The Hall–Kier alpha value is -3.76. The van der Waals surface area contributed by atoms with Gasteiger partial charge in [-0.15, -0.1) is 11.3 Å². The molecule has 2 N–H and O–H groups in total. The average molecular weight is 546 g/mol. The van der Waals surface area contributed by atoms with Crippen LogP contribution in [-0.2, 0) is 20.9 Å². The molecule has 3 amide bonds. The maximum Gasteiger partial charge on any atom is 0.259 e. The zero-order valence-corrected chi connectivity index (χ0v) is 22.6. The third-order valence-corrected chi connectivity index (χ3v) is 8.36. The number of thioether (sulfide) groups is 1. The Labute approximate surface area is 229 Å². The molecule has 3 aromatic rings. The molecule has 0 unspecified atom stereocenters. The fourth-order valence-electron chi connectivity index (χ4n) is 4.26. The van der Waals surface area contributed by atoms with Crippen molar-refractivity contribution < 1.29 is 14.4 Å². The van der Waals surface area contributed by atoms with Crippen molar-refractivity contribution in [1.82, 2.24) is 10.2 Å². The molecule has 0 saturated heterocycles. The lowest BCUT2D eigenvalue weighted by atomic mass is 10.1. The number of hydrogen-bond acceptors (Lipinski definition) is 7. The van der Waals surface area contributed by atoms with Crippen LogP contribution in [0.5, 0.6) is 0 Å². The second kappa shape index (κ2) is 11.3. The third-order valence-electron chi connectivity index (χ3n) is 6.16. The number of anilines is 1. The van der Waals surface area contributed by atoms with Gasteiger partial charge in [0.25, 0.3) is 5.91 Å². The number of nitrogens with one attached hydrogen (secondary N) is 2. The van der Waals surface area contributed by atoms with Crippen LogP contribution >= 0.6 is 23.1 Å². The van der Waals surface area contributed by atoms with Crippen LogP contribution in [-0.4, -0.2) is 44.9 Å². The van der Waals surface area contributed by atoms with E-state index in [0.29, 0.717) is 29.7 Å². The van der Waals surface area contributed by atoms with Gasteiger partial charge < -0.3 is 10.6 Å². The molecule has 38 heavy (non-hydrogen) atoms. The number of carbonyl (C=O) groups is 3. The molecular weight excluding hydrogens is 518 g/mol. The first kappa shape index (κ1) is 25.9. The highest BCUT2D eigenvalue weighted by molar-refractivity contribution is 8.15. The number of aliphatic imine (C=N–C) groups is 2. The Morgan fingerprint density at radius 1 is 1.13 bits per heavy atom. The quantitative estimate of drug-likeness (QED) is 0.421. The lowest BCUT2D eigenvalue weighted by Gasteiger charge is -2.27. The Bertz CT molecular complexity index is 1430. The standard InChI is InChI=1S/C28H27N5O3S2/c1-3-23(26(35)30-18-9-6-8-17(2)14-18)38-28-32-21-12-5-4-11-20(21)25-31-22(27(36)33(25)28)15-24(34)29-16-19-10-7-13-37-19/h4-14,22-23H,3,15-16H2,1-2H3,(H,29,34)(H,30,35)/t22-,23+/m1/s1. The van der Waals surface area contributed by atoms with Gasteiger partial charge in [0.05, 0.1) is 23.9 Å². The highest BCUT2D eigenvalue weighted by atomic mass is 32.2. The van der Waals surface area contributed by atoms with E-state index < -0.39 is 11.3 Å². The molecule has 8 nitrogen and oxygen atoms in total. The maximum absolute atomic E-state index is 13.5. The van der Waals surface area contributed by atoms with Crippen LogP contribution in [0, 0.1) is 6.92 Å². The van der Waals surface area contributed by atoms with Crippen molar-refractivity contribution in [2.75, 3.05) is 5.32 Å². The van der Waals surface area contributed by atoms with Crippen LogP contribution in [0.2, 0.25) is 0 Å². The zero-order chi connectivity index (χ0) is 26.6. The molecule has 0 spiro atoms. The summed E-state index contributed by atoms with van der Waals surface area (Å²) in [7, 11) is 0. The number of para-hydroxylation sites is 1. The largest absolute Gasteiger partial charge is 0.351 e. The van der Waals surface area contributed by atoms with Crippen molar-refractivity contribution in [3.63, 3.8) is 0 Å². The molecule has 1 aromatic heterocycles. The lowest BCUT2D eigenvalue weighted by Crippen LogP contribution is -2.43. The summed E-state index contributed by atoms with van der Waals surface area (Å²) in [6.07, 6.45) is 0.474. The highest BCUT2D eigenvalue weighted by Gasteiger charge is 2.43. The van der Waals surface area contributed by atoms with Crippen LogP contribution < -0.4 is 10.6 Å². The van der Waals surface area contributed by atoms with Crippen LogP contribution in [0.1, 0.15) is 35.8 Å². The highest BCUT2D eigenvalue weighted by Crippen LogP contribution is 2.36. The second-order valence-electron chi connectivity index (χ2n) is 8.99. The number of carbonyl (C=O) groups excluding carboxylic acids is 3. The van der Waals surface area contributed by atoms with Crippen LogP contribution in [0.4, 0.5) is 11.4 Å². The first-order valence-electron chi connectivity index (χ1n) is 12.4. The van der Waals surface area contributed by atoms with Gasteiger partial charge >= 0.3 is 0 Å². The molecule has 2 atom stereocenters. The minimum atomic E-state index is -0.855. The van der Waals surface area contributed by atoms with Crippen molar-refractivity contribution in [2.45, 2.75) is 44.5 Å². The van der Waals surface area contributed by atoms with Crippen LogP contribution in [0.3, 0.4) is 0 Å². The Balaban J connectivity index is 1.35. The minimum Gasteiger partial charge on any atom is -0.351 e. The van der Waals surface area contributed by atoms with Gasteiger partial charge in [0, 0.05) is 16.1 Å². The van der Waals surface area contributed by atoms with Crippen LogP contribution in [0.15, 0.2) is 76.0 Å². The number of rotatable bonds is 8. The molecule has 0 saturated carbocycles. The van der Waals surface area contributed by atoms with E-state index in [1.807, 2.05) is 79.9 Å². The number of thiophene rings is 1.